The maximum absolute atomic E-state index is 5.85. The summed E-state index contributed by atoms with van der Waals surface area (Å²) in [5.74, 6) is 0.559. The summed E-state index contributed by atoms with van der Waals surface area (Å²) in [4.78, 5) is 8.34. The van der Waals surface area contributed by atoms with E-state index in [0.29, 0.717) is 5.82 Å². The van der Waals surface area contributed by atoms with Crippen LogP contribution in [0, 0.1) is 0 Å². The number of anilines is 1. The summed E-state index contributed by atoms with van der Waals surface area (Å²) in [7, 11) is 0. The minimum atomic E-state index is 0.559. The zero-order valence-corrected chi connectivity index (χ0v) is 10.5. The molecule has 0 atom stereocenters. The first-order valence-electron chi connectivity index (χ1n) is 5.08. The van der Waals surface area contributed by atoms with E-state index < -0.39 is 0 Å². The number of hydrogen-bond acceptors (Lipinski definition) is 3. The maximum atomic E-state index is 5.85. The summed E-state index contributed by atoms with van der Waals surface area (Å²) in [6, 6.07) is 7.97. The van der Waals surface area contributed by atoms with E-state index in [9.17, 15) is 0 Å². The van der Waals surface area contributed by atoms with Crippen LogP contribution in [-0.4, -0.2) is 9.97 Å². The van der Waals surface area contributed by atoms with Crippen molar-refractivity contribution >= 4 is 21.7 Å². The van der Waals surface area contributed by atoms with Gasteiger partial charge in [-0.25, -0.2) is 9.97 Å². The lowest BCUT2D eigenvalue weighted by atomic mass is 10.0. The fraction of sp³-hybridized carbons (Fsp3) is 0.167. The van der Waals surface area contributed by atoms with Crippen molar-refractivity contribution in [2.24, 2.45) is 0 Å². The number of nitrogens with two attached hydrogens (primary N) is 1. The van der Waals surface area contributed by atoms with E-state index >= 15 is 0 Å². The SMILES string of the molecule is CCc1c(N)ncnc1-c1ccccc1Br. The van der Waals surface area contributed by atoms with E-state index in [2.05, 4.69) is 32.8 Å². The van der Waals surface area contributed by atoms with Crippen LogP contribution in [0.5, 0.6) is 0 Å². The third-order valence-electron chi connectivity index (χ3n) is 2.46. The minimum absolute atomic E-state index is 0.559. The average molecular weight is 278 g/mol. The Hall–Kier alpha value is -1.42. The van der Waals surface area contributed by atoms with E-state index in [1.54, 1.807) is 0 Å². The molecule has 0 aliphatic carbocycles. The predicted molar refractivity (Wildman–Crippen MR) is 69.0 cm³/mol. The summed E-state index contributed by atoms with van der Waals surface area (Å²) < 4.78 is 1.02. The number of aromatic nitrogens is 2. The molecule has 0 spiro atoms. The molecule has 0 saturated carbocycles. The number of benzene rings is 1. The van der Waals surface area contributed by atoms with Crippen molar-refractivity contribution < 1.29 is 0 Å². The van der Waals surface area contributed by atoms with Gasteiger partial charge in [-0.05, 0) is 12.5 Å². The highest BCUT2D eigenvalue weighted by Gasteiger charge is 2.11. The lowest BCUT2D eigenvalue weighted by Gasteiger charge is -2.09. The summed E-state index contributed by atoms with van der Waals surface area (Å²) in [5, 5.41) is 0. The lowest BCUT2D eigenvalue weighted by molar-refractivity contribution is 1.06. The molecule has 2 rings (SSSR count). The van der Waals surface area contributed by atoms with Crippen LogP contribution in [-0.2, 0) is 6.42 Å². The van der Waals surface area contributed by atoms with Gasteiger partial charge in [0.1, 0.15) is 12.1 Å². The number of rotatable bonds is 2. The Morgan fingerprint density at radius 1 is 1.25 bits per heavy atom. The van der Waals surface area contributed by atoms with Gasteiger partial charge in [0.05, 0.1) is 5.69 Å². The smallest absolute Gasteiger partial charge is 0.130 e. The van der Waals surface area contributed by atoms with Crippen LogP contribution < -0.4 is 5.73 Å². The summed E-state index contributed by atoms with van der Waals surface area (Å²) in [5.41, 5.74) is 8.80. The van der Waals surface area contributed by atoms with Gasteiger partial charge in [-0.2, -0.15) is 0 Å². The van der Waals surface area contributed by atoms with Gasteiger partial charge < -0.3 is 5.73 Å². The predicted octanol–water partition coefficient (Wildman–Crippen LogP) is 3.05. The summed E-state index contributed by atoms with van der Waals surface area (Å²) in [6.07, 6.45) is 2.33. The lowest BCUT2D eigenvalue weighted by Crippen LogP contribution is -2.01. The van der Waals surface area contributed by atoms with E-state index in [-0.39, 0.29) is 0 Å². The topological polar surface area (TPSA) is 51.8 Å². The van der Waals surface area contributed by atoms with Crippen molar-refractivity contribution in [2.45, 2.75) is 13.3 Å². The molecule has 2 N–H and O–H groups in total. The molecule has 1 aromatic heterocycles. The molecule has 0 aliphatic heterocycles. The monoisotopic (exact) mass is 277 g/mol. The van der Waals surface area contributed by atoms with Gasteiger partial charge in [0.15, 0.2) is 0 Å². The highest BCUT2D eigenvalue weighted by molar-refractivity contribution is 9.10. The Morgan fingerprint density at radius 2 is 2.00 bits per heavy atom. The Morgan fingerprint density at radius 3 is 2.69 bits per heavy atom. The van der Waals surface area contributed by atoms with E-state index in [4.69, 9.17) is 5.73 Å². The van der Waals surface area contributed by atoms with Crippen molar-refractivity contribution in [3.05, 3.63) is 40.6 Å². The van der Waals surface area contributed by atoms with Crippen molar-refractivity contribution in [3.63, 3.8) is 0 Å². The third kappa shape index (κ3) is 1.93. The molecule has 2 aromatic rings. The molecule has 4 heteroatoms. The first-order chi connectivity index (χ1) is 7.74. The van der Waals surface area contributed by atoms with Gasteiger partial charge >= 0.3 is 0 Å². The van der Waals surface area contributed by atoms with Crippen molar-refractivity contribution in [2.75, 3.05) is 5.73 Å². The minimum Gasteiger partial charge on any atom is -0.383 e. The maximum Gasteiger partial charge on any atom is 0.130 e. The molecular weight excluding hydrogens is 266 g/mol. The molecule has 0 bridgehead atoms. The van der Waals surface area contributed by atoms with Crippen LogP contribution in [0.4, 0.5) is 5.82 Å². The van der Waals surface area contributed by atoms with Crippen LogP contribution in [0.2, 0.25) is 0 Å². The molecule has 0 radical (unpaired) electrons. The highest BCUT2D eigenvalue weighted by Crippen LogP contribution is 2.30. The van der Waals surface area contributed by atoms with Crippen LogP contribution in [0.15, 0.2) is 35.1 Å². The van der Waals surface area contributed by atoms with Crippen molar-refractivity contribution in [3.8, 4) is 11.3 Å². The first-order valence-corrected chi connectivity index (χ1v) is 5.87. The number of hydrogen-bond donors (Lipinski definition) is 1. The molecule has 0 aliphatic rings. The number of nitrogen functional groups attached to an aromatic ring is 1. The van der Waals surface area contributed by atoms with Gasteiger partial charge in [0, 0.05) is 15.6 Å². The highest BCUT2D eigenvalue weighted by atomic mass is 79.9. The Kier molecular flexibility index (Phi) is 3.19. The quantitative estimate of drug-likeness (QED) is 0.918. The zero-order valence-electron chi connectivity index (χ0n) is 8.94. The third-order valence-corrected chi connectivity index (χ3v) is 3.15. The second-order valence-corrected chi connectivity index (χ2v) is 4.27. The first kappa shape index (κ1) is 11.1. The zero-order chi connectivity index (χ0) is 11.5. The molecule has 0 unspecified atom stereocenters. The molecule has 1 aromatic carbocycles. The number of nitrogens with zero attached hydrogens (tertiary/aromatic N) is 2. The molecule has 0 fully saturated rings. The Bertz CT molecular complexity index is 511. The Labute approximate surface area is 103 Å². The van der Waals surface area contributed by atoms with E-state index in [1.165, 1.54) is 6.33 Å². The molecule has 16 heavy (non-hydrogen) atoms. The van der Waals surface area contributed by atoms with Crippen molar-refractivity contribution in [1.82, 2.24) is 9.97 Å². The average Bonchev–Trinajstić information content (AvgIpc) is 2.29. The van der Waals surface area contributed by atoms with Gasteiger partial charge in [-0.3, -0.25) is 0 Å². The van der Waals surface area contributed by atoms with Crippen LogP contribution >= 0.6 is 15.9 Å². The molecule has 82 valence electrons. The van der Waals surface area contributed by atoms with Gasteiger partial charge in [-0.1, -0.05) is 41.1 Å². The molecule has 1 heterocycles. The van der Waals surface area contributed by atoms with Crippen LogP contribution in [0.1, 0.15) is 12.5 Å². The fourth-order valence-corrected chi connectivity index (χ4v) is 2.13. The standard InChI is InChI=1S/C12H12BrN3/c1-2-8-11(15-7-16-12(8)14)9-5-3-4-6-10(9)13/h3-7H,2H2,1H3,(H2,14,15,16). The van der Waals surface area contributed by atoms with Gasteiger partial charge in [-0.15, -0.1) is 0 Å². The number of halogens is 1. The van der Waals surface area contributed by atoms with E-state index in [1.807, 2.05) is 24.3 Å². The van der Waals surface area contributed by atoms with E-state index in [0.717, 1.165) is 27.7 Å². The Balaban J connectivity index is 2.65. The van der Waals surface area contributed by atoms with Crippen LogP contribution in [0.25, 0.3) is 11.3 Å². The molecule has 3 nitrogen and oxygen atoms in total. The molecule has 0 saturated heterocycles. The largest absolute Gasteiger partial charge is 0.383 e. The summed E-state index contributed by atoms with van der Waals surface area (Å²) in [6.45, 7) is 2.05. The molecular formula is C12H12BrN3. The van der Waals surface area contributed by atoms with Gasteiger partial charge in [0.25, 0.3) is 0 Å². The van der Waals surface area contributed by atoms with Crippen molar-refractivity contribution in [1.29, 1.82) is 0 Å². The van der Waals surface area contributed by atoms with Crippen LogP contribution in [0.3, 0.4) is 0 Å². The van der Waals surface area contributed by atoms with Gasteiger partial charge in [0.2, 0.25) is 0 Å². The molecule has 0 amide bonds. The normalized spacial score (nSPS) is 10.4. The second-order valence-electron chi connectivity index (χ2n) is 3.42. The fourth-order valence-electron chi connectivity index (χ4n) is 1.66. The second kappa shape index (κ2) is 4.61. The summed E-state index contributed by atoms with van der Waals surface area (Å²) >= 11 is 3.52.